The van der Waals surface area contributed by atoms with Crippen LogP contribution in [0.3, 0.4) is 0 Å². The molecule has 0 unspecified atom stereocenters. The Kier molecular flexibility index (Phi) is 7.66. The quantitative estimate of drug-likeness (QED) is 0.307. The van der Waals surface area contributed by atoms with Crippen molar-refractivity contribution in [1.29, 1.82) is 0 Å². The maximum atomic E-state index is 12.5. The standard InChI is InChI=1S/C25H22N4O3S2/c1-17-10-12-21(13-11-17)33-15-22-27-28-25(29(22)20-8-3-2-4-9-20)34-16-23(30)26-19-7-5-6-18(14-19)24(31)32/h2-14H,15-16H2,1H3,(H,26,30)(H,31,32). The number of carbonyl (C=O) groups is 2. The molecule has 9 heteroatoms. The van der Waals surface area contributed by atoms with Crippen LogP contribution in [0.5, 0.6) is 0 Å². The molecule has 0 atom stereocenters. The van der Waals surface area contributed by atoms with E-state index in [1.807, 2.05) is 34.9 Å². The zero-order valence-corrected chi connectivity index (χ0v) is 20.0. The number of amides is 1. The van der Waals surface area contributed by atoms with E-state index in [4.69, 9.17) is 5.11 Å². The third-order valence-electron chi connectivity index (χ3n) is 4.83. The fraction of sp³-hybridized carbons (Fsp3) is 0.120. The predicted molar refractivity (Wildman–Crippen MR) is 135 cm³/mol. The minimum absolute atomic E-state index is 0.105. The summed E-state index contributed by atoms with van der Waals surface area (Å²) in [4.78, 5) is 24.8. The van der Waals surface area contributed by atoms with E-state index >= 15 is 0 Å². The first kappa shape index (κ1) is 23.6. The minimum Gasteiger partial charge on any atom is -0.478 e. The number of para-hydroxylation sites is 1. The average Bonchev–Trinajstić information content (AvgIpc) is 3.26. The van der Waals surface area contributed by atoms with Crippen LogP contribution in [0.25, 0.3) is 5.69 Å². The van der Waals surface area contributed by atoms with Crippen LogP contribution in [0.2, 0.25) is 0 Å². The maximum Gasteiger partial charge on any atom is 0.335 e. The number of aromatic carboxylic acids is 1. The Bertz CT molecular complexity index is 1290. The zero-order valence-electron chi connectivity index (χ0n) is 18.3. The largest absolute Gasteiger partial charge is 0.478 e. The molecule has 0 fully saturated rings. The number of thioether (sulfide) groups is 2. The van der Waals surface area contributed by atoms with Crippen LogP contribution in [0, 0.1) is 6.92 Å². The number of nitrogens with zero attached hydrogens (tertiary/aromatic N) is 3. The molecule has 0 spiro atoms. The lowest BCUT2D eigenvalue weighted by Gasteiger charge is -2.10. The molecule has 1 aromatic heterocycles. The number of aryl methyl sites for hydroxylation is 1. The van der Waals surface area contributed by atoms with Gasteiger partial charge in [-0.3, -0.25) is 9.36 Å². The molecule has 34 heavy (non-hydrogen) atoms. The number of carboxylic acids is 1. The minimum atomic E-state index is -1.04. The number of hydrogen-bond donors (Lipinski definition) is 2. The summed E-state index contributed by atoms with van der Waals surface area (Å²) in [6.45, 7) is 2.06. The number of carboxylic acid groups (broad SMARTS) is 1. The summed E-state index contributed by atoms with van der Waals surface area (Å²) < 4.78 is 1.96. The fourth-order valence-corrected chi connectivity index (χ4v) is 4.75. The van der Waals surface area contributed by atoms with Crippen LogP contribution >= 0.6 is 23.5 Å². The molecule has 1 heterocycles. The van der Waals surface area contributed by atoms with Crippen molar-refractivity contribution in [2.75, 3.05) is 11.1 Å². The van der Waals surface area contributed by atoms with Crippen molar-refractivity contribution in [3.63, 3.8) is 0 Å². The third-order valence-corrected chi connectivity index (χ3v) is 6.77. The second-order valence-electron chi connectivity index (χ2n) is 7.39. The molecule has 0 radical (unpaired) electrons. The van der Waals surface area contributed by atoms with E-state index in [1.54, 1.807) is 23.9 Å². The highest BCUT2D eigenvalue weighted by molar-refractivity contribution is 7.99. The SMILES string of the molecule is Cc1ccc(SCc2nnc(SCC(=O)Nc3cccc(C(=O)O)c3)n2-c2ccccc2)cc1. The highest BCUT2D eigenvalue weighted by Crippen LogP contribution is 2.27. The first-order valence-electron chi connectivity index (χ1n) is 10.4. The van der Waals surface area contributed by atoms with E-state index in [1.165, 1.54) is 29.5 Å². The van der Waals surface area contributed by atoms with Crippen molar-refractivity contribution < 1.29 is 14.7 Å². The molecule has 0 aliphatic heterocycles. The highest BCUT2D eigenvalue weighted by Gasteiger charge is 2.16. The van der Waals surface area contributed by atoms with Crippen LogP contribution in [0.4, 0.5) is 5.69 Å². The third kappa shape index (κ3) is 6.06. The van der Waals surface area contributed by atoms with Crippen molar-refractivity contribution in [2.45, 2.75) is 22.7 Å². The van der Waals surface area contributed by atoms with Gasteiger partial charge in [-0.1, -0.05) is 53.7 Å². The molecule has 4 rings (SSSR count). The number of carbonyl (C=O) groups excluding carboxylic acids is 1. The predicted octanol–water partition coefficient (Wildman–Crippen LogP) is 5.30. The summed E-state index contributed by atoms with van der Waals surface area (Å²) in [5.41, 5.74) is 2.68. The summed E-state index contributed by atoms with van der Waals surface area (Å²) in [6.07, 6.45) is 0. The first-order chi connectivity index (χ1) is 16.5. The Balaban J connectivity index is 1.47. The smallest absolute Gasteiger partial charge is 0.335 e. The van der Waals surface area contributed by atoms with Gasteiger partial charge in [-0.05, 0) is 49.4 Å². The number of hydrogen-bond acceptors (Lipinski definition) is 6. The number of rotatable bonds is 9. The van der Waals surface area contributed by atoms with Crippen molar-refractivity contribution in [3.05, 3.63) is 95.8 Å². The zero-order chi connectivity index (χ0) is 23.9. The Labute approximate surface area is 205 Å². The van der Waals surface area contributed by atoms with E-state index in [0.29, 0.717) is 16.6 Å². The van der Waals surface area contributed by atoms with E-state index < -0.39 is 5.97 Å². The summed E-state index contributed by atoms with van der Waals surface area (Å²) in [6, 6.07) is 24.3. The lowest BCUT2D eigenvalue weighted by Crippen LogP contribution is -2.15. The molecule has 1 amide bonds. The molecular formula is C25H22N4O3S2. The summed E-state index contributed by atoms with van der Waals surface area (Å²) in [5, 5.41) is 21.2. The Morgan fingerprint density at radius 3 is 2.44 bits per heavy atom. The van der Waals surface area contributed by atoms with E-state index in [0.717, 1.165) is 16.4 Å². The monoisotopic (exact) mass is 490 g/mol. The molecule has 2 N–H and O–H groups in total. The molecule has 0 saturated carbocycles. The second kappa shape index (κ2) is 11.0. The molecule has 0 saturated heterocycles. The number of aromatic nitrogens is 3. The molecule has 4 aromatic rings. The lowest BCUT2D eigenvalue weighted by atomic mass is 10.2. The van der Waals surface area contributed by atoms with Gasteiger partial charge in [-0.2, -0.15) is 0 Å². The van der Waals surface area contributed by atoms with Crippen LogP contribution < -0.4 is 5.32 Å². The van der Waals surface area contributed by atoms with Crippen LogP contribution in [0.15, 0.2) is 88.9 Å². The molecule has 7 nitrogen and oxygen atoms in total. The van der Waals surface area contributed by atoms with Gasteiger partial charge in [0.05, 0.1) is 17.1 Å². The lowest BCUT2D eigenvalue weighted by molar-refractivity contribution is -0.113. The summed E-state index contributed by atoms with van der Waals surface area (Å²) in [5.74, 6) is 0.213. The van der Waals surface area contributed by atoms with Crippen molar-refractivity contribution >= 4 is 41.1 Å². The van der Waals surface area contributed by atoms with Gasteiger partial charge < -0.3 is 10.4 Å². The van der Waals surface area contributed by atoms with Gasteiger partial charge in [0.1, 0.15) is 5.82 Å². The average molecular weight is 491 g/mol. The molecular weight excluding hydrogens is 468 g/mol. The van der Waals surface area contributed by atoms with E-state index in [2.05, 4.69) is 46.7 Å². The second-order valence-corrected chi connectivity index (χ2v) is 9.39. The van der Waals surface area contributed by atoms with Crippen molar-refractivity contribution in [2.24, 2.45) is 0 Å². The van der Waals surface area contributed by atoms with Gasteiger partial charge in [0.15, 0.2) is 5.16 Å². The van der Waals surface area contributed by atoms with Crippen LogP contribution in [-0.4, -0.2) is 37.5 Å². The summed E-state index contributed by atoms with van der Waals surface area (Å²) in [7, 11) is 0. The number of nitrogens with one attached hydrogen (secondary N) is 1. The Morgan fingerprint density at radius 1 is 0.941 bits per heavy atom. The maximum absolute atomic E-state index is 12.5. The Morgan fingerprint density at radius 2 is 1.71 bits per heavy atom. The number of benzene rings is 3. The fourth-order valence-electron chi connectivity index (χ4n) is 3.16. The topological polar surface area (TPSA) is 97.1 Å². The summed E-state index contributed by atoms with van der Waals surface area (Å²) >= 11 is 2.95. The molecule has 3 aromatic carbocycles. The van der Waals surface area contributed by atoms with Gasteiger partial charge in [0.25, 0.3) is 0 Å². The van der Waals surface area contributed by atoms with Gasteiger partial charge in [0, 0.05) is 16.3 Å². The van der Waals surface area contributed by atoms with Gasteiger partial charge in [-0.15, -0.1) is 22.0 Å². The molecule has 0 aliphatic carbocycles. The van der Waals surface area contributed by atoms with Gasteiger partial charge >= 0.3 is 5.97 Å². The molecule has 172 valence electrons. The number of anilines is 1. The van der Waals surface area contributed by atoms with Crippen LogP contribution in [0.1, 0.15) is 21.7 Å². The van der Waals surface area contributed by atoms with Crippen LogP contribution in [-0.2, 0) is 10.5 Å². The Hall–Kier alpha value is -3.56. The first-order valence-corrected chi connectivity index (χ1v) is 12.4. The van der Waals surface area contributed by atoms with Crippen molar-refractivity contribution in [3.8, 4) is 5.69 Å². The van der Waals surface area contributed by atoms with Gasteiger partial charge in [0.2, 0.25) is 5.91 Å². The van der Waals surface area contributed by atoms with Gasteiger partial charge in [-0.25, -0.2) is 4.79 Å². The van der Waals surface area contributed by atoms with Crippen molar-refractivity contribution in [1.82, 2.24) is 14.8 Å². The normalized spacial score (nSPS) is 10.7. The van der Waals surface area contributed by atoms with E-state index in [9.17, 15) is 9.59 Å². The highest BCUT2D eigenvalue weighted by atomic mass is 32.2. The molecule has 0 aliphatic rings. The van der Waals surface area contributed by atoms with E-state index in [-0.39, 0.29) is 17.2 Å². The molecule has 0 bridgehead atoms.